The molecular weight excluding hydrogens is 471 g/mol. The minimum atomic E-state index is -5.10. The lowest BCUT2D eigenvalue weighted by Crippen LogP contribution is -2.60. The number of methoxy groups -OCH3 is 1. The Morgan fingerprint density at radius 2 is 1.54 bits per heavy atom. The maximum atomic E-state index is 14.3. The van der Waals surface area contributed by atoms with E-state index in [0.29, 0.717) is 6.54 Å². The lowest BCUT2D eigenvalue weighted by molar-refractivity contribution is -0.271. The quantitative estimate of drug-likeness (QED) is 0.643. The van der Waals surface area contributed by atoms with Gasteiger partial charge < -0.3 is 15.0 Å². The summed E-state index contributed by atoms with van der Waals surface area (Å²) in [5.74, 6) is -2.77. The van der Waals surface area contributed by atoms with E-state index in [0.717, 1.165) is 41.8 Å². The number of hydrogen-bond acceptors (Lipinski definition) is 3. The summed E-state index contributed by atoms with van der Waals surface area (Å²) in [5, 5.41) is 2.82. The maximum Gasteiger partial charge on any atom is 0.430 e. The van der Waals surface area contributed by atoms with Crippen LogP contribution in [-0.2, 0) is 19.9 Å². The number of amides is 2. The van der Waals surface area contributed by atoms with Crippen molar-refractivity contribution in [3.8, 4) is 0 Å². The Balaban J connectivity index is 1.62. The first-order valence-electron chi connectivity index (χ1n) is 11.2. The zero-order chi connectivity index (χ0) is 25.4. The first kappa shape index (κ1) is 25.1. The van der Waals surface area contributed by atoms with Crippen molar-refractivity contribution in [3.05, 3.63) is 71.3 Å². The molecule has 2 heterocycles. The zero-order valence-electron chi connectivity index (χ0n) is 19.0. The van der Waals surface area contributed by atoms with Crippen LogP contribution in [-0.4, -0.2) is 49.6 Å². The standard InChI is InChI=1S/C25H25F5N2O3/c1-35-24(25(28,29)30,17-4-8-19(27)9-5-17)22(34)32-12-10-23(11-13-32)14-21(33)31-15-20(23)16-2-6-18(26)7-3-16/h2-9,20H,10-15H2,1H3,(H,31,33)/t20-,24?/m0/s1. The molecule has 0 aliphatic carbocycles. The highest BCUT2D eigenvalue weighted by Gasteiger charge is 2.64. The first-order valence-corrected chi connectivity index (χ1v) is 11.2. The molecule has 2 aromatic carbocycles. The van der Waals surface area contributed by atoms with Crippen LogP contribution in [0.2, 0.25) is 0 Å². The highest BCUT2D eigenvalue weighted by molar-refractivity contribution is 5.88. The van der Waals surface area contributed by atoms with E-state index >= 15 is 0 Å². The van der Waals surface area contributed by atoms with Gasteiger partial charge in [-0.15, -0.1) is 0 Å². The molecule has 0 aromatic heterocycles. The molecule has 0 saturated carbocycles. The van der Waals surface area contributed by atoms with E-state index in [-0.39, 0.29) is 44.2 Å². The summed E-state index contributed by atoms with van der Waals surface area (Å²) < 4.78 is 74.7. The normalized spacial score (nSPS) is 21.9. The van der Waals surface area contributed by atoms with E-state index in [9.17, 15) is 31.5 Å². The predicted octanol–water partition coefficient (Wildman–Crippen LogP) is 4.28. The second-order valence-electron chi connectivity index (χ2n) is 9.13. The molecule has 1 unspecified atom stereocenters. The number of carbonyl (C=O) groups is 2. The summed E-state index contributed by atoms with van der Waals surface area (Å²) in [7, 11) is 0.802. The van der Waals surface area contributed by atoms with E-state index < -0.39 is 40.3 Å². The molecule has 2 atom stereocenters. The van der Waals surface area contributed by atoms with Gasteiger partial charge in [0.1, 0.15) is 11.6 Å². The Hall–Kier alpha value is -3.01. The molecule has 2 saturated heterocycles. The average Bonchev–Trinajstić information content (AvgIpc) is 2.81. The Labute approximate surface area is 199 Å². The van der Waals surface area contributed by atoms with Gasteiger partial charge in [0.05, 0.1) is 0 Å². The number of ether oxygens (including phenoxy) is 1. The number of rotatable bonds is 4. The summed E-state index contributed by atoms with van der Waals surface area (Å²) in [4.78, 5) is 26.8. The van der Waals surface area contributed by atoms with E-state index in [1.54, 1.807) is 12.1 Å². The van der Waals surface area contributed by atoms with Gasteiger partial charge in [0.2, 0.25) is 5.91 Å². The molecule has 2 aliphatic rings. The van der Waals surface area contributed by atoms with Crippen molar-refractivity contribution >= 4 is 11.8 Å². The third-order valence-corrected chi connectivity index (χ3v) is 7.33. The number of benzene rings is 2. The van der Waals surface area contributed by atoms with Crippen LogP contribution >= 0.6 is 0 Å². The summed E-state index contributed by atoms with van der Waals surface area (Å²) in [6.45, 7) is 0.275. The molecule has 5 nitrogen and oxygen atoms in total. The third-order valence-electron chi connectivity index (χ3n) is 7.33. The first-order chi connectivity index (χ1) is 16.5. The van der Waals surface area contributed by atoms with E-state index in [4.69, 9.17) is 4.74 Å². The Morgan fingerprint density at radius 3 is 2.06 bits per heavy atom. The van der Waals surface area contributed by atoms with Crippen LogP contribution in [0.15, 0.2) is 48.5 Å². The Bertz CT molecular complexity index is 1080. The van der Waals surface area contributed by atoms with Crippen molar-refractivity contribution in [3.63, 3.8) is 0 Å². The zero-order valence-corrected chi connectivity index (χ0v) is 19.0. The van der Waals surface area contributed by atoms with Crippen molar-refractivity contribution < 1.29 is 36.3 Å². The number of carbonyl (C=O) groups excluding carboxylic acids is 2. The largest absolute Gasteiger partial charge is 0.430 e. The highest BCUT2D eigenvalue weighted by atomic mass is 19.4. The SMILES string of the molecule is COC(C(=O)N1CCC2(CC1)CC(=O)NC[C@H]2c1ccc(F)cc1)(c1ccc(F)cc1)C(F)(F)F. The second-order valence-corrected chi connectivity index (χ2v) is 9.13. The summed E-state index contributed by atoms with van der Waals surface area (Å²) in [5.41, 5.74) is -3.56. The molecule has 1 spiro atoms. The molecule has 2 amide bonds. The van der Waals surface area contributed by atoms with E-state index in [2.05, 4.69) is 5.32 Å². The second kappa shape index (κ2) is 9.22. The van der Waals surface area contributed by atoms with Crippen molar-refractivity contribution in [2.75, 3.05) is 26.7 Å². The summed E-state index contributed by atoms with van der Waals surface area (Å²) in [6.07, 6.45) is -4.37. The van der Waals surface area contributed by atoms with Crippen LogP contribution in [0.4, 0.5) is 22.0 Å². The van der Waals surface area contributed by atoms with Crippen molar-refractivity contribution in [1.29, 1.82) is 0 Å². The monoisotopic (exact) mass is 496 g/mol. The van der Waals surface area contributed by atoms with Crippen LogP contribution in [0.3, 0.4) is 0 Å². The van der Waals surface area contributed by atoms with Crippen LogP contribution < -0.4 is 5.32 Å². The van der Waals surface area contributed by atoms with Gasteiger partial charge in [0.25, 0.3) is 11.5 Å². The number of halogens is 5. The Morgan fingerprint density at radius 1 is 1.00 bits per heavy atom. The maximum absolute atomic E-state index is 14.3. The number of hydrogen-bond donors (Lipinski definition) is 1. The van der Waals surface area contributed by atoms with Crippen LogP contribution in [0.25, 0.3) is 0 Å². The molecule has 2 fully saturated rings. The number of alkyl halides is 3. The highest BCUT2D eigenvalue weighted by Crippen LogP contribution is 2.50. The smallest absolute Gasteiger partial charge is 0.356 e. The van der Waals surface area contributed by atoms with Gasteiger partial charge >= 0.3 is 6.18 Å². The fourth-order valence-corrected chi connectivity index (χ4v) is 5.42. The van der Waals surface area contributed by atoms with Gasteiger partial charge in [0.15, 0.2) is 0 Å². The molecule has 0 bridgehead atoms. The molecule has 2 aliphatic heterocycles. The molecule has 35 heavy (non-hydrogen) atoms. The summed E-state index contributed by atoms with van der Waals surface area (Å²) >= 11 is 0. The molecule has 10 heteroatoms. The molecule has 0 radical (unpaired) electrons. The van der Waals surface area contributed by atoms with Crippen molar-refractivity contribution in [1.82, 2.24) is 10.2 Å². The van der Waals surface area contributed by atoms with Crippen LogP contribution in [0, 0.1) is 17.0 Å². The molecule has 2 aromatic rings. The lowest BCUT2D eigenvalue weighted by Gasteiger charge is -2.50. The lowest BCUT2D eigenvalue weighted by atomic mass is 9.62. The van der Waals surface area contributed by atoms with Gasteiger partial charge in [-0.05, 0) is 48.1 Å². The predicted molar refractivity (Wildman–Crippen MR) is 116 cm³/mol. The van der Waals surface area contributed by atoms with Gasteiger partial charge in [0, 0.05) is 44.6 Å². The topological polar surface area (TPSA) is 58.6 Å². The average molecular weight is 496 g/mol. The molecule has 1 N–H and O–H groups in total. The molecule has 4 rings (SSSR count). The van der Waals surface area contributed by atoms with Crippen LogP contribution in [0.1, 0.15) is 36.3 Å². The fraction of sp³-hybridized carbons (Fsp3) is 0.440. The third kappa shape index (κ3) is 4.39. The van der Waals surface area contributed by atoms with E-state index in [1.165, 1.54) is 12.1 Å². The molecular formula is C25H25F5N2O3. The van der Waals surface area contributed by atoms with Gasteiger partial charge in [-0.1, -0.05) is 24.3 Å². The number of nitrogens with one attached hydrogen (secondary N) is 1. The Kier molecular flexibility index (Phi) is 6.61. The summed E-state index contributed by atoms with van der Waals surface area (Å²) in [6, 6.07) is 9.43. The van der Waals surface area contributed by atoms with Crippen LogP contribution in [0.5, 0.6) is 0 Å². The van der Waals surface area contributed by atoms with Gasteiger partial charge in [-0.3, -0.25) is 9.59 Å². The molecule has 188 valence electrons. The minimum absolute atomic E-state index is 0.0216. The van der Waals surface area contributed by atoms with Crippen molar-refractivity contribution in [2.45, 2.75) is 37.0 Å². The number of nitrogens with zero attached hydrogens (tertiary/aromatic N) is 1. The fourth-order valence-electron chi connectivity index (χ4n) is 5.42. The minimum Gasteiger partial charge on any atom is -0.356 e. The van der Waals surface area contributed by atoms with Gasteiger partial charge in [-0.25, -0.2) is 8.78 Å². The van der Waals surface area contributed by atoms with Gasteiger partial charge in [-0.2, -0.15) is 13.2 Å². The van der Waals surface area contributed by atoms with Crippen molar-refractivity contribution in [2.24, 2.45) is 5.41 Å². The van der Waals surface area contributed by atoms with E-state index in [1.807, 2.05) is 0 Å². The number of likely N-dealkylation sites (tertiary alicyclic amines) is 1. The number of piperidine rings is 2.